The van der Waals surface area contributed by atoms with Crippen molar-refractivity contribution in [2.45, 2.75) is 6.42 Å². The van der Waals surface area contributed by atoms with Crippen LogP contribution in [0.5, 0.6) is 0 Å². The SMILES string of the molecule is COC(=O)c1sc(Cc2ccc3ccccc3n2)nc1Cl. The van der Waals surface area contributed by atoms with E-state index in [4.69, 9.17) is 11.6 Å². The van der Waals surface area contributed by atoms with Crippen molar-refractivity contribution in [1.82, 2.24) is 9.97 Å². The highest BCUT2D eigenvalue weighted by Gasteiger charge is 2.17. The number of hydrogen-bond donors (Lipinski definition) is 0. The number of carbonyl (C=O) groups excluding carboxylic acids is 1. The minimum Gasteiger partial charge on any atom is -0.465 e. The molecule has 2 heterocycles. The summed E-state index contributed by atoms with van der Waals surface area (Å²) in [6.45, 7) is 0. The van der Waals surface area contributed by atoms with E-state index in [2.05, 4.69) is 14.7 Å². The first-order valence-corrected chi connectivity index (χ1v) is 7.45. The number of thiazole rings is 1. The molecule has 0 fully saturated rings. The minimum absolute atomic E-state index is 0.183. The predicted molar refractivity (Wildman–Crippen MR) is 83.0 cm³/mol. The Morgan fingerprint density at radius 2 is 2.05 bits per heavy atom. The lowest BCUT2D eigenvalue weighted by atomic mass is 10.2. The first kappa shape index (κ1) is 14.0. The van der Waals surface area contributed by atoms with E-state index in [9.17, 15) is 4.79 Å². The molecule has 0 atom stereocenters. The highest BCUT2D eigenvalue weighted by molar-refractivity contribution is 7.14. The molecular formula is C15H11ClN2O2S. The first-order valence-electron chi connectivity index (χ1n) is 6.25. The number of hydrogen-bond acceptors (Lipinski definition) is 5. The lowest BCUT2D eigenvalue weighted by molar-refractivity contribution is 0.0606. The Bertz CT molecular complexity index is 816. The number of rotatable bonds is 3. The Kier molecular flexibility index (Phi) is 3.86. The third-order valence-corrected chi connectivity index (χ3v) is 4.41. The van der Waals surface area contributed by atoms with Gasteiger partial charge in [0.1, 0.15) is 5.01 Å². The van der Waals surface area contributed by atoms with Crippen molar-refractivity contribution in [3.8, 4) is 0 Å². The number of pyridine rings is 1. The third kappa shape index (κ3) is 2.89. The summed E-state index contributed by atoms with van der Waals surface area (Å²) in [5.74, 6) is -0.463. The summed E-state index contributed by atoms with van der Waals surface area (Å²) < 4.78 is 4.67. The quantitative estimate of drug-likeness (QED) is 0.691. The molecule has 0 amide bonds. The van der Waals surface area contributed by atoms with E-state index in [-0.39, 0.29) is 5.15 Å². The Hall–Kier alpha value is -1.98. The van der Waals surface area contributed by atoms with Crippen LogP contribution in [0.3, 0.4) is 0 Å². The molecule has 0 spiro atoms. The topological polar surface area (TPSA) is 52.1 Å². The molecule has 0 unspecified atom stereocenters. The van der Waals surface area contributed by atoms with Crippen LogP contribution in [0.25, 0.3) is 10.9 Å². The van der Waals surface area contributed by atoms with E-state index in [0.717, 1.165) is 21.6 Å². The van der Waals surface area contributed by atoms with Crippen molar-refractivity contribution in [2.24, 2.45) is 0 Å². The minimum atomic E-state index is -0.463. The van der Waals surface area contributed by atoms with Gasteiger partial charge in [-0.1, -0.05) is 35.9 Å². The third-order valence-electron chi connectivity index (χ3n) is 2.99. The van der Waals surface area contributed by atoms with Gasteiger partial charge in [-0.2, -0.15) is 0 Å². The number of methoxy groups -OCH3 is 1. The number of aromatic nitrogens is 2. The second-order valence-electron chi connectivity index (χ2n) is 4.39. The summed E-state index contributed by atoms with van der Waals surface area (Å²) in [4.78, 5) is 20.6. The second-order valence-corrected chi connectivity index (χ2v) is 5.83. The molecule has 0 radical (unpaired) electrons. The Labute approximate surface area is 130 Å². The van der Waals surface area contributed by atoms with Crippen LogP contribution in [0.2, 0.25) is 5.15 Å². The zero-order valence-corrected chi connectivity index (χ0v) is 12.7. The lowest BCUT2D eigenvalue weighted by Gasteiger charge is -2.00. The maximum atomic E-state index is 11.5. The summed E-state index contributed by atoms with van der Waals surface area (Å²) >= 11 is 7.19. The molecule has 0 aliphatic carbocycles. The second kappa shape index (κ2) is 5.79. The summed E-state index contributed by atoms with van der Waals surface area (Å²) in [6, 6.07) is 11.9. The highest BCUT2D eigenvalue weighted by atomic mass is 35.5. The molecule has 2 aromatic heterocycles. The van der Waals surface area contributed by atoms with E-state index >= 15 is 0 Å². The van der Waals surface area contributed by atoms with Gasteiger partial charge in [0, 0.05) is 17.5 Å². The van der Waals surface area contributed by atoms with E-state index < -0.39 is 5.97 Å². The summed E-state index contributed by atoms with van der Waals surface area (Å²) in [7, 11) is 1.32. The summed E-state index contributed by atoms with van der Waals surface area (Å²) in [6.07, 6.45) is 0.534. The van der Waals surface area contributed by atoms with Gasteiger partial charge in [-0.3, -0.25) is 4.98 Å². The molecule has 0 saturated heterocycles. The summed E-state index contributed by atoms with van der Waals surface area (Å²) in [5, 5.41) is 2.01. The Morgan fingerprint density at radius 3 is 2.86 bits per heavy atom. The van der Waals surface area contributed by atoms with Crippen LogP contribution in [0.4, 0.5) is 0 Å². The normalized spacial score (nSPS) is 10.8. The average molecular weight is 319 g/mol. The van der Waals surface area contributed by atoms with Crippen LogP contribution < -0.4 is 0 Å². The molecule has 3 aromatic rings. The fraction of sp³-hybridized carbons (Fsp3) is 0.133. The molecule has 4 nitrogen and oxygen atoms in total. The van der Waals surface area contributed by atoms with Crippen molar-refractivity contribution in [3.63, 3.8) is 0 Å². The van der Waals surface area contributed by atoms with Gasteiger partial charge in [0.2, 0.25) is 0 Å². The maximum absolute atomic E-state index is 11.5. The summed E-state index contributed by atoms with van der Waals surface area (Å²) in [5.41, 5.74) is 1.82. The van der Waals surface area contributed by atoms with Crippen LogP contribution >= 0.6 is 22.9 Å². The van der Waals surface area contributed by atoms with Gasteiger partial charge in [0.15, 0.2) is 10.0 Å². The zero-order chi connectivity index (χ0) is 14.8. The molecule has 1 aromatic carbocycles. The number of benzene rings is 1. The molecule has 21 heavy (non-hydrogen) atoms. The van der Waals surface area contributed by atoms with Crippen LogP contribution in [-0.2, 0) is 11.2 Å². The standard InChI is InChI=1S/C15H11ClN2O2S/c1-20-15(19)13-14(16)18-12(21-13)8-10-7-6-9-4-2-3-5-11(9)17-10/h2-7H,8H2,1H3. The molecule has 0 aliphatic heterocycles. The monoisotopic (exact) mass is 318 g/mol. The van der Waals surface area contributed by atoms with Crippen LogP contribution in [0, 0.1) is 0 Å². The van der Waals surface area contributed by atoms with Crippen molar-refractivity contribution in [2.75, 3.05) is 7.11 Å². The van der Waals surface area contributed by atoms with Gasteiger partial charge in [-0.05, 0) is 12.1 Å². The van der Waals surface area contributed by atoms with Gasteiger partial charge in [0.25, 0.3) is 0 Å². The molecule has 0 N–H and O–H groups in total. The number of halogens is 1. The number of nitrogens with zero attached hydrogens (tertiary/aromatic N) is 2. The number of para-hydroxylation sites is 1. The van der Waals surface area contributed by atoms with Gasteiger partial charge in [0.05, 0.1) is 12.6 Å². The van der Waals surface area contributed by atoms with Gasteiger partial charge in [-0.15, -0.1) is 11.3 Å². The smallest absolute Gasteiger partial charge is 0.351 e. The van der Waals surface area contributed by atoms with Gasteiger partial charge < -0.3 is 4.74 Å². The fourth-order valence-corrected chi connectivity index (χ4v) is 3.23. The molecule has 3 rings (SSSR count). The lowest BCUT2D eigenvalue weighted by Crippen LogP contribution is -1.98. The number of fused-ring (bicyclic) bond motifs is 1. The van der Waals surface area contributed by atoms with Crippen molar-refractivity contribution in [3.05, 3.63) is 57.1 Å². The first-order chi connectivity index (χ1) is 10.2. The molecule has 0 bridgehead atoms. The average Bonchev–Trinajstić information content (AvgIpc) is 2.87. The molecule has 6 heteroatoms. The predicted octanol–water partition coefficient (Wildman–Crippen LogP) is 3.72. The zero-order valence-electron chi connectivity index (χ0n) is 11.2. The van der Waals surface area contributed by atoms with Crippen LogP contribution in [-0.4, -0.2) is 23.0 Å². The van der Waals surface area contributed by atoms with Crippen LogP contribution in [0.1, 0.15) is 20.4 Å². The number of carbonyl (C=O) groups is 1. The Balaban J connectivity index is 1.89. The van der Waals surface area contributed by atoms with Gasteiger partial charge >= 0.3 is 5.97 Å². The van der Waals surface area contributed by atoms with Crippen molar-refractivity contribution < 1.29 is 9.53 Å². The van der Waals surface area contributed by atoms with E-state index in [1.807, 2.05) is 36.4 Å². The number of esters is 1. The Morgan fingerprint density at radius 1 is 1.24 bits per heavy atom. The van der Waals surface area contributed by atoms with E-state index in [1.54, 1.807) is 0 Å². The van der Waals surface area contributed by atoms with Gasteiger partial charge in [-0.25, -0.2) is 9.78 Å². The van der Waals surface area contributed by atoms with Crippen molar-refractivity contribution >= 4 is 39.8 Å². The molecule has 0 saturated carbocycles. The molecule has 106 valence electrons. The maximum Gasteiger partial charge on any atom is 0.351 e. The fourth-order valence-electron chi connectivity index (χ4n) is 2.00. The van der Waals surface area contributed by atoms with E-state index in [0.29, 0.717) is 11.3 Å². The van der Waals surface area contributed by atoms with Crippen molar-refractivity contribution in [1.29, 1.82) is 0 Å². The highest BCUT2D eigenvalue weighted by Crippen LogP contribution is 2.25. The van der Waals surface area contributed by atoms with Crippen LogP contribution in [0.15, 0.2) is 36.4 Å². The molecule has 0 aliphatic rings. The van der Waals surface area contributed by atoms with E-state index in [1.165, 1.54) is 18.4 Å². The molecular weight excluding hydrogens is 308 g/mol. The number of ether oxygens (including phenoxy) is 1. The largest absolute Gasteiger partial charge is 0.465 e.